The molecule has 29 heavy (non-hydrogen) atoms. The summed E-state index contributed by atoms with van der Waals surface area (Å²) in [6.07, 6.45) is 1.18. The number of likely N-dealkylation sites (tertiary alicyclic amines) is 1. The van der Waals surface area contributed by atoms with Crippen molar-refractivity contribution in [2.75, 3.05) is 18.4 Å². The molecular weight excluding hydrogens is 358 g/mol. The van der Waals surface area contributed by atoms with Crippen LogP contribution in [0.1, 0.15) is 41.8 Å². The average Bonchev–Trinajstić information content (AvgIpc) is 2.69. The second-order valence-corrected chi connectivity index (χ2v) is 8.65. The summed E-state index contributed by atoms with van der Waals surface area (Å²) in [5.41, 5.74) is 5.02. The number of hydrogen-bond donors (Lipinski definition) is 1. The highest BCUT2D eigenvalue weighted by Crippen LogP contribution is 2.28. The number of nitrogens with one attached hydrogen (secondary N) is 1. The third-order valence-electron chi connectivity index (χ3n) is 5.88. The second kappa shape index (κ2) is 7.86. The Balaban J connectivity index is 1.72. The van der Waals surface area contributed by atoms with E-state index < -0.39 is 0 Å². The predicted octanol–water partition coefficient (Wildman–Crippen LogP) is 5.71. The number of rotatable bonds is 3. The summed E-state index contributed by atoms with van der Waals surface area (Å²) in [5, 5.41) is 4.31. The van der Waals surface area contributed by atoms with E-state index in [0.29, 0.717) is 17.7 Å². The van der Waals surface area contributed by atoms with Gasteiger partial charge in [-0.1, -0.05) is 38.1 Å². The molecular formula is C25H29N3O. The van der Waals surface area contributed by atoms with Crippen LogP contribution in [0.2, 0.25) is 0 Å². The first-order valence-electron chi connectivity index (χ1n) is 10.4. The van der Waals surface area contributed by atoms with Crippen molar-refractivity contribution in [2.45, 2.75) is 34.1 Å². The highest BCUT2D eigenvalue weighted by atomic mass is 16.2. The zero-order valence-corrected chi connectivity index (χ0v) is 17.7. The maximum Gasteiger partial charge on any atom is 0.254 e. The molecule has 0 unspecified atom stereocenters. The third-order valence-corrected chi connectivity index (χ3v) is 5.88. The first-order chi connectivity index (χ1) is 13.9. The summed E-state index contributed by atoms with van der Waals surface area (Å²) < 4.78 is 0. The molecule has 3 aromatic rings. The molecule has 2 atom stereocenters. The Hall–Kier alpha value is -2.88. The molecule has 2 heterocycles. The molecule has 1 aliphatic rings. The maximum absolute atomic E-state index is 13.5. The minimum Gasteiger partial charge on any atom is -0.340 e. The molecule has 1 fully saturated rings. The lowest BCUT2D eigenvalue weighted by Crippen LogP contribution is -2.42. The summed E-state index contributed by atoms with van der Waals surface area (Å²) in [6.45, 7) is 10.3. The van der Waals surface area contributed by atoms with Crippen molar-refractivity contribution in [3.8, 4) is 0 Å². The zero-order valence-electron chi connectivity index (χ0n) is 17.7. The number of aromatic nitrogens is 1. The van der Waals surface area contributed by atoms with Gasteiger partial charge in [0.25, 0.3) is 5.91 Å². The molecule has 1 N–H and O–H groups in total. The molecule has 150 valence electrons. The number of fused-ring (bicyclic) bond motifs is 1. The molecule has 0 saturated carbocycles. The quantitative estimate of drug-likeness (QED) is 0.626. The largest absolute Gasteiger partial charge is 0.340 e. The van der Waals surface area contributed by atoms with E-state index >= 15 is 0 Å². The van der Waals surface area contributed by atoms with Crippen LogP contribution in [0.25, 0.3) is 10.9 Å². The smallest absolute Gasteiger partial charge is 0.254 e. The number of anilines is 2. The number of carbonyl (C=O) groups excluding carboxylic acids is 1. The molecule has 1 aliphatic heterocycles. The van der Waals surface area contributed by atoms with Crippen LogP contribution in [-0.2, 0) is 0 Å². The summed E-state index contributed by atoms with van der Waals surface area (Å²) in [6, 6.07) is 16.1. The zero-order chi connectivity index (χ0) is 20.5. The van der Waals surface area contributed by atoms with Crippen LogP contribution in [0.3, 0.4) is 0 Å². The summed E-state index contributed by atoms with van der Waals surface area (Å²) in [4.78, 5) is 20.3. The molecule has 2 aromatic carbocycles. The van der Waals surface area contributed by atoms with Gasteiger partial charge in [-0.25, -0.2) is 4.98 Å². The Morgan fingerprint density at radius 3 is 2.45 bits per heavy atom. The number of aryl methyl sites for hydroxylation is 2. The minimum atomic E-state index is 0.102. The van der Waals surface area contributed by atoms with Gasteiger partial charge in [0.05, 0.1) is 11.1 Å². The van der Waals surface area contributed by atoms with Crippen molar-refractivity contribution in [1.82, 2.24) is 9.88 Å². The molecule has 0 aliphatic carbocycles. The minimum absolute atomic E-state index is 0.102. The van der Waals surface area contributed by atoms with E-state index in [1.165, 1.54) is 17.5 Å². The number of pyridine rings is 1. The standard InChI is InChI=1S/C25H29N3O/c1-16-11-17(2)15-28(14-16)25(29)22-13-24(27-23-8-6-5-7-21(22)23)26-20-10-9-18(3)19(4)12-20/h5-10,12-13,16-17H,11,14-15H2,1-4H3,(H,26,27)/t16-,17+. The molecule has 4 rings (SSSR count). The van der Waals surface area contributed by atoms with Gasteiger partial charge in [-0.3, -0.25) is 4.79 Å². The van der Waals surface area contributed by atoms with Gasteiger partial charge < -0.3 is 10.2 Å². The number of nitrogens with zero attached hydrogens (tertiary/aromatic N) is 2. The van der Waals surface area contributed by atoms with Crippen molar-refractivity contribution in [3.05, 3.63) is 65.2 Å². The molecule has 4 heteroatoms. The Morgan fingerprint density at radius 1 is 1.00 bits per heavy atom. The van der Waals surface area contributed by atoms with E-state index in [-0.39, 0.29) is 5.91 Å². The summed E-state index contributed by atoms with van der Waals surface area (Å²) in [5.74, 6) is 1.87. The van der Waals surface area contributed by atoms with E-state index in [0.717, 1.165) is 35.2 Å². The van der Waals surface area contributed by atoms with Gasteiger partial charge in [0.2, 0.25) is 0 Å². The number of para-hydroxylation sites is 1. The number of amides is 1. The molecule has 1 aromatic heterocycles. The number of benzene rings is 2. The van der Waals surface area contributed by atoms with Gasteiger partial charge in [-0.05, 0) is 67.5 Å². The van der Waals surface area contributed by atoms with Crippen molar-refractivity contribution in [1.29, 1.82) is 0 Å². The van der Waals surface area contributed by atoms with Crippen molar-refractivity contribution < 1.29 is 4.79 Å². The third kappa shape index (κ3) is 4.12. The van der Waals surface area contributed by atoms with Crippen LogP contribution in [-0.4, -0.2) is 28.9 Å². The fraction of sp³-hybridized carbons (Fsp3) is 0.360. The lowest BCUT2D eigenvalue weighted by atomic mass is 9.91. The molecule has 4 nitrogen and oxygen atoms in total. The number of hydrogen-bond acceptors (Lipinski definition) is 3. The normalized spacial score (nSPS) is 19.4. The molecule has 1 saturated heterocycles. The molecule has 0 radical (unpaired) electrons. The van der Waals surface area contributed by atoms with Gasteiger partial charge in [-0.2, -0.15) is 0 Å². The fourth-order valence-corrected chi connectivity index (χ4v) is 4.38. The Morgan fingerprint density at radius 2 is 1.72 bits per heavy atom. The van der Waals surface area contributed by atoms with Gasteiger partial charge in [0.1, 0.15) is 5.82 Å². The van der Waals surface area contributed by atoms with E-state index in [1.807, 2.05) is 35.2 Å². The lowest BCUT2D eigenvalue weighted by molar-refractivity contribution is 0.0625. The van der Waals surface area contributed by atoms with E-state index in [1.54, 1.807) is 0 Å². The van der Waals surface area contributed by atoms with E-state index in [4.69, 9.17) is 4.98 Å². The van der Waals surface area contributed by atoms with Crippen LogP contribution in [0.15, 0.2) is 48.5 Å². The van der Waals surface area contributed by atoms with E-state index in [2.05, 4.69) is 51.2 Å². The van der Waals surface area contributed by atoms with Crippen LogP contribution >= 0.6 is 0 Å². The highest BCUT2D eigenvalue weighted by Gasteiger charge is 2.27. The monoisotopic (exact) mass is 387 g/mol. The van der Waals surface area contributed by atoms with Gasteiger partial charge in [0, 0.05) is 24.2 Å². The average molecular weight is 388 g/mol. The molecule has 0 spiro atoms. The first kappa shape index (κ1) is 19.4. The number of piperidine rings is 1. The van der Waals surface area contributed by atoms with Crippen LogP contribution < -0.4 is 5.32 Å². The van der Waals surface area contributed by atoms with Gasteiger partial charge in [-0.15, -0.1) is 0 Å². The molecule has 0 bridgehead atoms. The highest BCUT2D eigenvalue weighted by molar-refractivity contribution is 6.07. The van der Waals surface area contributed by atoms with Gasteiger partial charge >= 0.3 is 0 Å². The topological polar surface area (TPSA) is 45.2 Å². The predicted molar refractivity (Wildman–Crippen MR) is 120 cm³/mol. The van der Waals surface area contributed by atoms with Crippen LogP contribution in [0.5, 0.6) is 0 Å². The van der Waals surface area contributed by atoms with Crippen molar-refractivity contribution >= 4 is 28.3 Å². The number of carbonyl (C=O) groups is 1. The molecule has 1 amide bonds. The summed E-state index contributed by atoms with van der Waals surface area (Å²) in [7, 11) is 0. The Labute approximate surface area is 173 Å². The summed E-state index contributed by atoms with van der Waals surface area (Å²) >= 11 is 0. The first-order valence-corrected chi connectivity index (χ1v) is 10.4. The Kier molecular flexibility index (Phi) is 5.27. The SMILES string of the molecule is Cc1ccc(Nc2cc(C(=O)N3C[C@H](C)C[C@H](C)C3)c3ccccc3n2)cc1C. The van der Waals surface area contributed by atoms with Crippen LogP contribution in [0, 0.1) is 25.7 Å². The van der Waals surface area contributed by atoms with Crippen molar-refractivity contribution in [3.63, 3.8) is 0 Å². The maximum atomic E-state index is 13.5. The fourth-order valence-electron chi connectivity index (χ4n) is 4.38. The van der Waals surface area contributed by atoms with Gasteiger partial charge in [0.15, 0.2) is 0 Å². The second-order valence-electron chi connectivity index (χ2n) is 8.65. The van der Waals surface area contributed by atoms with E-state index in [9.17, 15) is 4.79 Å². The lowest BCUT2D eigenvalue weighted by Gasteiger charge is -2.35. The van der Waals surface area contributed by atoms with Crippen LogP contribution in [0.4, 0.5) is 11.5 Å². The Bertz CT molecular complexity index is 1050. The van der Waals surface area contributed by atoms with Crippen molar-refractivity contribution in [2.24, 2.45) is 11.8 Å².